The third-order valence-corrected chi connectivity index (χ3v) is 2.45. The number of carboxylic acids is 1. The van der Waals surface area contributed by atoms with Crippen LogP contribution in [0.1, 0.15) is 12.8 Å². The lowest BCUT2D eigenvalue weighted by molar-refractivity contribution is -0.142. The first-order valence-electron chi connectivity index (χ1n) is 5.81. The summed E-state index contributed by atoms with van der Waals surface area (Å²) in [4.78, 5) is 22.6. The number of carbonyl (C=O) groups excluding carboxylic acids is 1. The maximum atomic E-state index is 11.6. The molecule has 0 aromatic rings. The van der Waals surface area contributed by atoms with Crippen molar-refractivity contribution in [2.75, 3.05) is 20.2 Å². The Hall–Kier alpha value is -1.87. The van der Waals surface area contributed by atoms with Crippen LogP contribution in [0.2, 0.25) is 0 Å². The van der Waals surface area contributed by atoms with Gasteiger partial charge in [0.2, 0.25) is 5.91 Å². The van der Waals surface area contributed by atoms with Gasteiger partial charge in [-0.15, -0.1) is 0 Å². The second-order valence-electron chi connectivity index (χ2n) is 3.91. The van der Waals surface area contributed by atoms with Gasteiger partial charge >= 0.3 is 5.97 Å². The standard InChI is InChI=1S/C10H21N5O4/c1-13-7(5-16)8(17)15-6(9(18)19)3-2-4-14-10(11)12/h6-7,13,16H,2-5H2,1H3,(H,15,17)(H,18,19)(H4,11,12,14)/t6?,7-/m0/s1. The molecule has 0 aromatic heterocycles. The molecule has 9 nitrogen and oxygen atoms in total. The zero-order chi connectivity index (χ0) is 14.8. The van der Waals surface area contributed by atoms with E-state index < -0.39 is 30.6 Å². The molecule has 0 heterocycles. The van der Waals surface area contributed by atoms with Gasteiger partial charge in [-0.25, -0.2) is 4.79 Å². The molecule has 0 fully saturated rings. The number of carboxylic acid groups (broad SMARTS) is 1. The van der Waals surface area contributed by atoms with E-state index in [0.29, 0.717) is 13.0 Å². The second kappa shape index (κ2) is 9.11. The van der Waals surface area contributed by atoms with E-state index in [0.717, 1.165) is 0 Å². The summed E-state index contributed by atoms with van der Waals surface area (Å²) in [5, 5.41) is 32.2. The van der Waals surface area contributed by atoms with Crippen LogP contribution < -0.4 is 21.7 Å². The number of aliphatic carboxylic acids is 1. The van der Waals surface area contributed by atoms with Gasteiger partial charge in [-0.1, -0.05) is 0 Å². The van der Waals surface area contributed by atoms with Crippen LogP contribution in [-0.2, 0) is 9.59 Å². The van der Waals surface area contributed by atoms with Crippen molar-refractivity contribution in [3.8, 4) is 0 Å². The van der Waals surface area contributed by atoms with E-state index in [-0.39, 0.29) is 12.4 Å². The maximum absolute atomic E-state index is 11.6. The van der Waals surface area contributed by atoms with Crippen molar-refractivity contribution >= 4 is 17.8 Å². The summed E-state index contributed by atoms with van der Waals surface area (Å²) in [6, 6.07) is -1.87. The van der Waals surface area contributed by atoms with Crippen molar-refractivity contribution in [1.82, 2.24) is 16.0 Å². The highest BCUT2D eigenvalue weighted by molar-refractivity contribution is 5.87. The van der Waals surface area contributed by atoms with Crippen LogP contribution in [0.5, 0.6) is 0 Å². The van der Waals surface area contributed by atoms with Crippen molar-refractivity contribution in [3.63, 3.8) is 0 Å². The predicted molar refractivity (Wildman–Crippen MR) is 68.7 cm³/mol. The van der Waals surface area contributed by atoms with Crippen LogP contribution >= 0.6 is 0 Å². The molecule has 0 saturated carbocycles. The second-order valence-corrected chi connectivity index (χ2v) is 3.91. The summed E-state index contributed by atoms with van der Waals surface area (Å²) >= 11 is 0. The molecule has 0 aliphatic rings. The van der Waals surface area contributed by atoms with E-state index >= 15 is 0 Å². The van der Waals surface area contributed by atoms with Gasteiger partial charge in [0.15, 0.2) is 5.96 Å². The Labute approximate surface area is 111 Å². The van der Waals surface area contributed by atoms with Crippen molar-refractivity contribution < 1.29 is 19.8 Å². The number of amides is 1. The molecule has 1 unspecified atom stereocenters. The number of aliphatic hydroxyl groups excluding tert-OH is 1. The molecule has 2 atom stereocenters. The Bertz CT molecular complexity index is 319. The highest BCUT2D eigenvalue weighted by Crippen LogP contribution is 1.98. The molecule has 0 aliphatic heterocycles. The number of aliphatic hydroxyl groups is 1. The molecule has 0 rings (SSSR count). The molecule has 0 radical (unpaired) electrons. The molecule has 19 heavy (non-hydrogen) atoms. The number of rotatable bonds is 9. The zero-order valence-corrected chi connectivity index (χ0v) is 10.8. The van der Waals surface area contributed by atoms with Gasteiger partial charge in [0.25, 0.3) is 0 Å². The largest absolute Gasteiger partial charge is 0.480 e. The highest BCUT2D eigenvalue weighted by atomic mass is 16.4. The maximum Gasteiger partial charge on any atom is 0.326 e. The lowest BCUT2D eigenvalue weighted by Gasteiger charge is -2.18. The molecule has 0 saturated heterocycles. The minimum atomic E-state index is -1.15. The summed E-state index contributed by atoms with van der Waals surface area (Å²) in [5.74, 6) is -1.91. The first kappa shape index (κ1) is 17.1. The summed E-state index contributed by atoms with van der Waals surface area (Å²) in [6.45, 7) is -0.0645. The number of nitrogens with two attached hydrogens (primary N) is 1. The Balaban J connectivity index is 4.22. The quantitative estimate of drug-likeness (QED) is 0.138. The molecule has 110 valence electrons. The SMILES string of the molecule is CN[C@@H](CO)C(=O)NC(CCCNC(=N)N)C(=O)O. The van der Waals surface area contributed by atoms with Gasteiger partial charge in [-0.05, 0) is 19.9 Å². The normalized spacial score (nSPS) is 13.4. The first-order valence-corrected chi connectivity index (χ1v) is 5.81. The fraction of sp³-hybridized carbons (Fsp3) is 0.700. The minimum absolute atomic E-state index is 0.188. The highest BCUT2D eigenvalue weighted by Gasteiger charge is 2.23. The van der Waals surface area contributed by atoms with Gasteiger partial charge in [0, 0.05) is 6.54 Å². The Morgan fingerprint density at radius 2 is 2.00 bits per heavy atom. The van der Waals surface area contributed by atoms with Gasteiger partial charge < -0.3 is 31.9 Å². The molecule has 9 heteroatoms. The van der Waals surface area contributed by atoms with Crippen molar-refractivity contribution in [2.24, 2.45) is 5.73 Å². The topological polar surface area (TPSA) is 161 Å². The van der Waals surface area contributed by atoms with E-state index in [1.54, 1.807) is 0 Å². The Morgan fingerprint density at radius 1 is 1.37 bits per heavy atom. The van der Waals surface area contributed by atoms with Crippen molar-refractivity contribution in [2.45, 2.75) is 24.9 Å². The summed E-state index contributed by atoms with van der Waals surface area (Å²) < 4.78 is 0. The van der Waals surface area contributed by atoms with Gasteiger partial charge in [0.05, 0.1) is 6.61 Å². The summed E-state index contributed by atoms with van der Waals surface area (Å²) in [7, 11) is 1.49. The van der Waals surface area contributed by atoms with Gasteiger partial charge in [-0.3, -0.25) is 10.2 Å². The monoisotopic (exact) mass is 275 g/mol. The third-order valence-electron chi connectivity index (χ3n) is 2.45. The van der Waals surface area contributed by atoms with E-state index in [4.69, 9.17) is 21.4 Å². The van der Waals surface area contributed by atoms with E-state index in [1.807, 2.05) is 0 Å². The predicted octanol–water partition coefficient (Wildman–Crippen LogP) is -2.60. The van der Waals surface area contributed by atoms with Crippen LogP contribution in [0, 0.1) is 5.41 Å². The average molecular weight is 275 g/mol. The number of guanidine groups is 1. The van der Waals surface area contributed by atoms with E-state index in [2.05, 4.69) is 16.0 Å². The van der Waals surface area contributed by atoms with Crippen LogP contribution in [0.15, 0.2) is 0 Å². The minimum Gasteiger partial charge on any atom is -0.480 e. The lowest BCUT2D eigenvalue weighted by atomic mass is 10.1. The van der Waals surface area contributed by atoms with Gasteiger partial charge in [-0.2, -0.15) is 0 Å². The number of hydrogen-bond acceptors (Lipinski definition) is 5. The average Bonchev–Trinajstić information content (AvgIpc) is 2.33. The molecule has 1 amide bonds. The third kappa shape index (κ3) is 7.21. The van der Waals surface area contributed by atoms with E-state index in [1.165, 1.54) is 7.05 Å². The smallest absolute Gasteiger partial charge is 0.326 e. The Morgan fingerprint density at radius 3 is 2.42 bits per heavy atom. The molecular formula is C10H21N5O4. The molecule has 0 aliphatic carbocycles. The number of hydrogen-bond donors (Lipinski definition) is 7. The first-order chi connectivity index (χ1) is 8.92. The van der Waals surface area contributed by atoms with Gasteiger partial charge in [0.1, 0.15) is 12.1 Å². The number of likely N-dealkylation sites (N-methyl/N-ethyl adjacent to an activating group) is 1. The fourth-order valence-corrected chi connectivity index (χ4v) is 1.36. The van der Waals surface area contributed by atoms with Crippen LogP contribution in [0.25, 0.3) is 0 Å². The summed E-state index contributed by atoms with van der Waals surface area (Å²) in [6.07, 6.45) is 0.628. The molecule has 0 bridgehead atoms. The number of carbonyl (C=O) groups is 2. The Kier molecular flexibility index (Phi) is 8.22. The zero-order valence-electron chi connectivity index (χ0n) is 10.8. The number of nitrogens with one attached hydrogen (secondary N) is 4. The van der Waals surface area contributed by atoms with Crippen LogP contribution in [0.3, 0.4) is 0 Å². The molecule has 8 N–H and O–H groups in total. The van der Waals surface area contributed by atoms with Crippen molar-refractivity contribution in [3.05, 3.63) is 0 Å². The molecule has 0 aromatic carbocycles. The fourth-order valence-electron chi connectivity index (χ4n) is 1.36. The lowest BCUT2D eigenvalue weighted by Crippen LogP contribution is -2.51. The summed E-state index contributed by atoms with van der Waals surface area (Å²) in [5.41, 5.74) is 5.08. The molecular weight excluding hydrogens is 254 g/mol. The van der Waals surface area contributed by atoms with Crippen LogP contribution in [0.4, 0.5) is 0 Å². The van der Waals surface area contributed by atoms with Crippen LogP contribution in [-0.4, -0.2) is 60.3 Å². The van der Waals surface area contributed by atoms with Crippen molar-refractivity contribution in [1.29, 1.82) is 5.41 Å². The molecule has 0 spiro atoms. The van der Waals surface area contributed by atoms with E-state index in [9.17, 15) is 9.59 Å².